The number of aromatic nitrogens is 16. The van der Waals surface area contributed by atoms with E-state index in [1.165, 1.54) is 25.7 Å². The zero-order valence-corrected chi connectivity index (χ0v) is 66.8. The van der Waals surface area contributed by atoms with Gasteiger partial charge in [-0.05, 0) is 217 Å². The summed E-state index contributed by atoms with van der Waals surface area (Å²) in [6.45, 7) is 13.2. The molecule has 2 aliphatic heterocycles. The van der Waals surface area contributed by atoms with E-state index in [9.17, 15) is 15.3 Å². The molecule has 26 nitrogen and oxygen atoms in total. The van der Waals surface area contributed by atoms with Gasteiger partial charge in [-0.1, -0.05) is 51.0 Å². The lowest BCUT2D eigenvalue weighted by molar-refractivity contribution is 0.0533. The number of halogens is 4. The van der Waals surface area contributed by atoms with Crippen molar-refractivity contribution in [3.63, 3.8) is 0 Å². The Morgan fingerprint density at radius 3 is 1.35 bits per heavy atom. The monoisotopic (exact) mass is 1700 g/mol. The Morgan fingerprint density at radius 2 is 0.935 bits per heavy atom. The van der Waals surface area contributed by atoms with Gasteiger partial charge in [0.15, 0.2) is 22.6 Å². The van der Waals surface area contributed by atoms with Crippen LogP contribution in [-0.4, -0.2) is 144 Å². The standard InChI is InChI=1S/C20H23BrN6O.C19H23BrN6O.C19H23BrN6.C19H22BrN5O/c1-20(2)13-10-26(15(11-28)18(13)20)17-6-16(23-8-12-4-3-5-22-7-12)27-19(25-17)14(21)9-24-27;1-19(2,27)15-6-4-8-25(15)17-9-16(22-11-13-5-3-7-21-10-13)26-18(24-17)14(20)12-23-26;20-17-12-24-26-18(23-11-14-2-1-7-22-10-14)9-16(25-19(17)26)8-13-3-5-15(21)6-4-13;20-16-12-23-25-17(22-11-14-4-3-7-21-10-14)8-15(24-18(16)25)9-19(13-26)5-1-2-6-19/h3-7,9,13,15,18,23,28H,8,10-11H2,1-2H3;3,5,7,9-10,12,15,22,27H,4,6,8,11H2,1-2H3;1-2,7,9-10,12-13,15,23H,3-6,8,11,21H2;3-4,7-8,10,12,22,26H,1-2,5-6,9,11,13H2/t13?,15-,18?;15-;;/m10../s1. The third kappa shape index (κ3) is 17.4. The van der Waals surface area contributed by atoms with Crippen LogP contribution in [0.1, 0.15) is 126 Å². The van der Waals surface area contributed by atoms with Gasteiger partial charge in [0, 0.05) is 137 Å². The van der Waals surface area contributed by atoms with Gasteiger partial charge in [-0.25, -0.2) is 19.9 Å². The van der Waals surface area contributed by atoms with E-state index in [4.69, 9.17) is 25.7 Å². The highest BCUT2D eigenvalue weighted by atomic mass is 79.9. The summed E-state index contributed by atoms with van der Waals surface area (Å²) >= 11 is 14.2. The van der Waals surface area contributed by atoms with Crippen LogP contribution in [0.3, 0.4) is 0 Å². The Balaban J connectivity index is 0.000000120. The Labute approximate surface area is 655 Å². The molecule has 14 heterocycles. The first kappa shape index (κ1) is 75.5. The van der Waals surface area contributed by atoms with Crippen LogP contribution in [-0.2, 0) is 39.0 Å². The number of fused-ring (bicyclic) bond motifs is 5. The van der Waals surface area contributed by atoms with Crippen molar-refractivity contribution in [3.8, 4) is 0 Å². The number of hydrogen-bond donors (Lipinski definition) is 8. The van der Waals surface area contributed by atoms with Crippen LogP contribution in [0, 0.1) is 28.6 Å². The lowest BCUT2D eigenvalue weighted by Crippen LogP contribution is -2.46. The Kier molecular flexibility index (Phi) is 23.4. The maximum Gasteiger partial charge on any atom is 0.173 e. The van der Waals surface area contributed by atoms with E-state index in [1.807, 2.05) is 102 Å². The summed E-state index contributed by atoms with van der Waals surface area (Å²) in [6, 6.07) is 24.6. The summed E-state index contributed by atoms with van der Waals surface area (Å²) in [5.74, 6) is 7.09. The molecule has 5 aliphatic rings. The summed E-state index contributed by atoms with van der Waals surface area (Å²) in [5.41, 5.74) is 15.2. The normalized spacial score (nSPS) is 19.9. The number of hydrogen-bond acceptors (Lipinski definition) is 22. The number of piperidine rings is 1. The molecule has 3 saturated carbocycles. The van der Waals surface area contributed by atoms with Crippen LogP contribution in [0.4, 0.5) is 34.9 Å². The number of nitrogens with zero attached hydrogens (tertiary/aromatic N) is 18. The predicted molar refractivity (Wildman–Crippen MR) is 430 cm³/mol. The van der Waals surface area contributed by atoms with Gasteiger partial charge in [0.25, 0.3) is 0 Å². The number of nitrogens with one attached hydrogen (secondary N) is 4. The van der Waals surface area contributed by atoms with E-state index >= 15 is 0 Å². The molecular weight excluding hydrogens is 1610 g/mol. The Bertz CT molecular complexity index is 4950. The smallest absolute Gasteiger partial charge is 0.173 e. The first-order valence-corrected chi connectivity index (χ1v) is 39.9. The van der Waals surface area contributed by atoms with Crippen molar-refractivity contribution in [2.45, 2.75) is 155 Å². The van der Waals surface area contributed by atoms with Gasteiger partial charge in [-0.3, -0.25) is 19.9 Å². The van der Waals surface area contributed by atoms with Crippen LogP contribution < -0.4 is 36.8 Å². The molecule has 0 spiro atoms. The van der Waals surface area contributed by atoms with Crippen LogP contribution in [0.25, 0.3) is 22.6 Å². The van der Waals surface area contributed by atoms with Crippen LogP contribution >= 0.6 is 63.7 Å². The third-order valence-corrected chi connectivity index (χ3v) is 24.0. The van der Waals surface area contributed by atoms with E-state index in [0.717, 1.165) is 173 Å². The quantitative estimate of drug-likeness (QED) is 0.0331. The van der Waals surface area contributed by atoms with Crippen molar-refractivity contribution in [2.75, 3.05) is 57.4 Å². The van der Waals surface area contributed by atoms with Gasteiger partial charge < -0.3 is 52.1 Å². The molecule has 12 aromatic heterocycles. The van der Waals surface area contributed by atoms with E-state index in [2.05, 4.69) is 167 Å². The largest absolute Gasteiger partial charge is 0.396 e. The fourth-order valence-corrected chi connectivity index (χ4v) is 17.3. The van der Waals surface area contributed by atoms with Crippen molar-refractivity contribution >= 4 is 121 Å². The lowest BCUT2D eigenvalue weighted by atomic mass is 9.82. The molecule has 30 heteroatoms. The van der Waals surface area contributed by atoms with Crippen LogP contribution in [0.2, 0.25) is 0 Å². The average molecular weight is 1710 g/mol. The topological polar surface area (TPSA) is 314 Å². The average Bonchev–Trinajstić information content (AvgIpc) is 1.53. The molecular formula is C77H91Br4N23O3. The second kappa shape index (κ2) is 33.2. The minimum absolute atomic E-state index is 0.0293. The van der Waals surface area contributed by atoms with Gasteiger partial charge in [0.2, 0.25) is 0 Å². The predicted octanol–water partition coefficient (Wildman–Crippen LogP) is 13.3. The number of pyridine rings is 4. The molecule has 12 aromatic rings. The van der Waals surface area contributed by atoms with Crippen molar-refractivity contribution in [1.29, 1.82) is 0 Å². The maximum absolute atomic E-state index is 10.6. The number of rotatable bonds is 21. The first-order chi connectivity index (χ1) is 51.8. The van der Waals surface area contributed by atoms with E-state index in [0.29, 0.717) is 55.4 Å². The maximum atomic E-state index is 10.6. The van der Waals surface area contributed by atoms with Crippen LogP contribution in [0.5, 0.6) is 0 Å². The molecule has 17 rings (SSSR count). The summed E-state index contributed by atoms with van der Waals surface area (Å²) in [6.07, 6.45) is 34.5. The molecule has 0 bridgehead atoms. The highest BCUT2D eigenvalue weighted by molar-refractivity contribution is 9.11. The summed E-state index contributed by atoms with van der Waals surface area (Å²) in [5, 5.41) is 62.2. The molecule has 4 atom stereocenters. The molecule has 2 unspecified atom stereocenters. The van der Waals surface area contributed by atoms with Gasteiger partial charge in [0.1, 0.15) is 34.9 Å². The van der Waals surface area contributed by atoms with Crippen molar-refractivity contribution in [3.05, 3.63) is 199 Å². The summed E-state index contributed by atoms with van der Waals surface area (Å²) in [7, 11) is 0. The van der Waals surface area contributed by atoms with Gasteiger partial charge >= 0.3 is 0 Å². The highest BCUT2D eigenvalue weighted by Crippen LogP contribution is 2.65. The molecule has 2 saturated heterocycles. The second-order valence-electron chi connectivity index (χ2n) is 29.9. The number of anilines is 6. The second-order valence-corrected chi connectivity index (χ2v) is 33.3. The molecule has 107 heavy (non-hydrogen) atoms. The first-order valence-electron chi connectivity index (χ1n) is 36.7. The van der Waals surface area contributed by atoms with Crippen molar-refractivity contribution < 1.29 is 15.3 Å². The minimum Gasteiger partial charge on any atom is -0.396 e. The third-order valence-electron chi connectivity index (χ3n) is 21.7. The van der Waals surface area contributed by atoms with E-state index < -0.39 is 5.60 Å². The van der Waals surface area contributed by atoms with E-state index in [1.54, 1.807) is 58.6 Å². The minimum atomic E-state index is -0.787. The zero-order chi connectivity index (χ0) is 74.4. The van der Waals surface area contributed by atoms with Gasteiger partial charge in [0.05, 0.1) is 67.0 Å². The molecule has 5 fully saturated rings. The number of nitrogens with two attached hydrogens (primary N) is 1. The highest BCUT2D eigenvalue weighted by Gasteiger charge is 2.66. The molecule has 0 aromatic carbocycles. The fraction of sp³-hybridized carbons (Fsp3) is 0.429. The lowest BCUT2D eigenvalue weighted by Gasteiger charge is -2.34. The molecule has 0 radical (unpaired) electrons. The summed E-state index contributed by atoms with van der Waals surface area (Å²) < 4.78 is 10.7. The summed E-state index contributed by atoms with van der Waals surface area (Å²) in [4.78, 5) is 40.4. The SMILES string of the molecule is CC(C)(O)[C@@H]1CCCN1c1cc(NCc2cccnc2)n2ncc(Br)c2n1.CC1(C)C2CN(c3cc(NCc4cccnc4)n4ncc(Br)c4n3)[C@H](CO)C21.NC1CCC(Cc2cc(NCc3cccnc3)n3ncc(Br)c3n2)CC1.OCC1(Cc2cc(NCc3cccnc3)n3ncc(Br)c3n2)CCCC1. The molecule has 9 N–H and O–H groups in total. The number of aliphatic hydroxyl groups is 3. The molecule has 3 aliphatic carbocycles. The van der Waals surface area contributed by atoms with Gasteiger partial charge in [-0.15, -0.1) is 0 Å². The van der Waals surface area contributed by atoms with Crippen LogP contribution in [0.15, 0.2) is 165 Å². The molecule has 0 amide bonds. The number of aliphatic hydroxyl groups excluding tert-OH is 2. The molecule has 560 valence electrons. The zero-order valence-electron chi connectivity index (χ0n) is 60.4. The van der Waals surface area contributed by atoms with E-state index in [-0.39, 0.29) is 30.7 Å². The fourth-order valence-electron chi connectivity index (χ4n) is 15.9. The van der Waals surface area contributed by atoms with Crippen molar-refractivity contribution in [2.24, 2.45) is 34.3 Å². The Hall–Kier alpha value is -8.36. The van der Waals surface area contributed by atoms with Gasteiger partial charge in [-0.2, -0.15) is 38.5 Å². The van der Waals surface area contributed by atoms with Crippen molar-refractivity contribution in [1.82, 2.24) is 78.3 Å². The Morgan fingerprint density at radius 1 is 0.523 bits per heavy atom.